The summed E-state index contributed by atoms with van der Waals surface area (Å²) in [4.78, 5) is 33.7. The van der Waals surface area contributed by atoms with Crippen LogP contribution in [0.2, 0.25) is 0 Å². The molecule has 5 rings (SSSR count). The lowest BCUT2D eigenvalue weighted by molar-refractivity contribution is -0.138. The molecular formula is C32H37N3O6. The number of piperidine rings is 1. The molecule has 2 aliphatic rings. The monoisotopic (exact) mass is 559 g/mol. The molecule has 9 heteroatoms. The normalized spacial score (nSPS) is 19.1. The number of methoxy groups -OCH3 is 4. The summed E-state index contributed by atoms with van der Waals surface area (Å²) in [5, 5.41) is 0. The maximum absolute atomic E-state index is 14.2. The maximum Gasteiger partial charge on any atom is 0.228 e. The van der Waals surface area contributed by atoms with Crippen molar-refractivity contribution in [2.45, 2.75) is 18.9 Å². The Morgan fingerprint density at radius 2 is 1.44 bits per heavy atom. The molecule has 2 amide bonds. The molecule has 2 saturated heterocycles. The minimum atomic E-state index is -0.510. The first kappa shape index (κ1) is 28.1. The van der Waals surface area contributed by atoms with Crippen LogP contribution in [0.15, 0.2) is 66.7 Å². The third kappa shape index (κ3) is 5.62. The zero-order chi connectivity index (χ0) is 28.9. The number of carbonyl (C=O) groups excluding carboxylic acids is 2. The maximum atomic E-state index is 14.2. The number of carbonyl (C=O) groups is 2. The highest BCUT2D eigenvalue weighted by Gasteiger charge is 2.43. The summed E-state index contributed by atoms with van der Waals surface area (Å²) in [7, 11) is 6.45. The Bertz CT molecular complexity index is 1370. The van der Waals surface area contributed by atoms with Gasteiger partial charge in [0.1, 0.15) is 11.5 Å². The molecule has 0 aromatic heterocycles. The molecule has 3 aromatic carbocycles. The van der Waals surface area contributed by atoms with Gasteiger partial charge >= 0.3 is 0 Å². The lowest BCUT2D eigenvalue weighted by Gasteiger charge is -2.44. The highest BCUT2D eigenvalue weighted by atomic mass is 16.5. The lowest BCUT2D eigenvalue weighted by atomic mass is 9.82. The van der Waals surface area contributed by atoms with E-state index in [1.165, 1.54) is 0 Å². The second-order valence-corrected chi connectivity index (χ2v) is 10.2. The van der Waals surface area contributed by atoms with E-state index >= 15 is 0 Å². The van der Waals surface area contributed by atoms with Crippen LogP contribution in [-0.4, -0.2) is 71.3 Å². The highest BCUT2D eigenvalue weighted by molar-refractivity contribution is 5.97. The number of nitrogens with zero attached hydrogens (tertiary/aromatic N) is 3. The molecule has 0 radical (unpaired) electrons. The Labute approximate surface area is 241 Å². The molecule has 3 aromatic rings. The summed E-state index contributed by atoms with van der Waals surface area (Å²) in [5.41, 5.74) is 2.56. The van der Waals surface area contributed by atoms with E-state index in [1.54, 1.807) is 33.3 Å². The average Bonchev–Trinajstić information content (AvgIpc) is 3.04. The predicted molar refractivity (Wildman–Crippen MR) is 157 cm³/mol. The number of para-hydroxylation sites is 2. The third-order valence-electron chi connectivity index (χ3n) is 8.03. The van der Waals surface area contributed by atoms with Crippen LogP contribution >= 0.6 is 0 Å². The van der Waals surface area contributed by atoms with Crippen LogP contribution in [0, 0.1) is 5.92 Å². The smallest absolute Gasteiger partial charge is 0.228 e. The van der Waals surface area contributed by atoms with Crippen molar-refractivity contribution in [3.63, 3.8) is 0 Å². The molecule has 0 saturated carbocycles. The van der Waals surface area contributed by atoms with E-state index in [-0.39, 0.29) is 18.2 Å². The number of piperazine rings is 1. The summed E-state index contributed by atoms with van der Waals surface area (Å²) < 4.78 is 22.0. The number of benzene rings is 3. The van der Waals surface area contributed by atoms with Crippen molar-refractivity contribution in [1.29, 1.82) is 0 Å². The number of anilines is 2. The number of hydrogen-bond donors (Lipinski definition) is 0. The molecule has 0 aliphatic carbocycles. The Hall–Kier alpha value is -4.40. The zero-order valence-electron chi connectivity index (χ0n) is 24.0. The number of amides is 2. The van der Waals surface area contributed by atoms with Crippen LogP contribution in [0.4, 0.5) is 11.4 Å². The molecule has 2 fully saturated rings. The molecule has 41 heavy (non-hydrogen) atoms. The molecule has 2 aliphatic heterocycles. The minimum Gasteiger partial charge on any atom is -0.497 e. The molecule has 0 unspecified atom stereocenters. The van der Waals surface area contributed by atoms with Crippen molar-refractivity contribution >= 4 is 23.2 Å². The van der Waals surface area contributed by atoms with E-state index in [0.29, 0.717) is 55.5 Å². The van der Waals surface area contributed by atoms with Gasteiger partial charge in [-0.3, -0.25) is 9.59 Å². The first-order chi connectivity index (χ1) is 20.0. The van der Waals surface area contributed by atoms with Gasteiger partial charge in [0.25, 0.3) is 0 Å². The molecule has 216 valence electrons. The second kappa shape index (κ2) is 12.4. The lowest BCUT2D eigenvalue weighted by Crippen LogP contribution is -2.54. The number of hydrogen-bond acceptors (Lipinski definition) is 7. The predicted octanol–water partition coefficient (Wildman–Crippen LogP) is 4.55. The standard InChI is InChI=1S/C32H37N3O6/c1-38-24-12-10-23(11-13-24)35-30(36)16-14-25(31(35)22-9-15-28(40-3)29(21-22)41-4)32(37)34-19-17-33(18-20-34)26-7-5-6-8-27(26)39-2/h5-13,15,21,25,31H,14,16-20H2,1-4H3/t25-,31-/m1/s1. The third-order valence-corrected chi connectivity index (χ3v) is 8.03. The summed E-state index contributed by atoms with van der Waals surface area (Å²) >= 11 is 0. The molecule has 2 heterocycles. The van der Waals surface area contributed by atoms with Crippen molar-refractivity contribution in [2.75, 3.05) is 64.4 Å². The molecule has 2 atom stereocenters. The Morgan fingerprint density at radius 1 is 0.756 bits per heavy atom. The van der Waals surface area contributed by atoms with Crippen LogP contribution in [0.5, 0.6) is 23.0 Å². The van der Waals surface area contributed by atoms with E-state index in [4.69, 9.17) is 18.9 Å². The van der Waals surface area contributed by atoms with Gasteiger partial charge in [-0.1, -0.05) is 18.2 Å². The van der Waals surface area contributed by atoms with E-state index < -0.39 is 12.0 Å². The van der Waals surface area contributed by atoms with Gasteiger partial charge in [0.15, 0.2) is 11.5 Å². The van der Waals surface area contributed by atoms with Crippen LogP contribution in [0.25, 0.3) is 0 Å². The second-order valence-electron chi connectivity index (χ2n) is 10.2. The van der Waals surface area contributed by atoms with Crippen molar-refractivity contribution in [1.82, 2.24) is 4.90 Å². The largest absolute Gasteiger partial charge is 0.497 e. The fourth-order valence-corrected chi connectivity index (χ4v) is 5.91. The quantitative estimate of drug-likeness (QED) is 0.401. The van der Waals surface area contributed by atoms with Crippen LogP contribution < -0.4 is 28.7 Å². The molecule has 0 N–H and O–H groups in total. The van der Waals surface area contributed by atoms with Crippen molar-refractivity contribution < 1.29 is 28.5 Å². The van der Waals surface area contributed by atoms with E-state index in [2.05, 4.69) is 4.90 Å². The first-order valence-electron chi connectivity index (χ1n) is 13.8. The molecule has 9 nitrogen and oxygen atoms in total. The first-order valence-corrected chi connectivity index (χ1v) is 13.8. The van der Waals surface area contributed by atoms with Crippen LogP contribution in [-0.2, 0) is 9.59 Å². The van der Waals surface area contributed by atoms with Gasteiger partial charge < -0.3 is 33.6 Å². The Balaban J connectivity index is 1.46. The SMILES string of the molecule is COc1ccc(N2C(=O)CC[C@@H](C(=O)N3CCN(c4ccccc4OC)CC3)[C@H]2c2ccc(OC)c(OC)c2)cc1. The van der Waals surface area contributed by atoms with Gasteiger partial charge in [-0.2, -0.15) is 0 Å². The fourth-order valence-electron chi connectivity index (χ4n) is 5.91. The van der Waals surface area contributed by atoms with E-state index in [9.17, 15) is 9.59 Å². The van der Waals surface area contributed by atoms with Crippen LogP contribution in [0.3, 0.4) is 0 Å². The Kier molecular flexibility index (Phi) is 8.52. The van der Waals surface area contributed by atoms with E-state index in [1.807, 2.05) is 71.6 Å². The van der Waals surface area contributed by atoms with Gasteiger partial charge in [0.2, 0.25) is 11.8 Å². The summed E-state index contributed by atoms with van der Waals surface area (Å²) in [6, 6.07) is 20.4. The topological polar surface area (TPSA) is 80.8 Å². The zero-order valence-corrected chi connectivity index (χ0v) is 24.0. The summed E-state index contributed by atoms with van der Waals surface area (Å²) in [5.74, 6) is 2.25. The van der Waals surface area contributed by atoms with Crippen molar-refractivity contribution in [3.05, 3.63) is 72.3 Å². The van der Waals surface area contributed by atoms with Gasteiger partial charge in [-0.05, 0) is 60.5 Å². The molecule has 0 spiro atoms. The fraction of sp³-hybridized carbons (Fsp3) is 0.375. The van der Waals surface area contributed by atoms with Crippen molar-refractivity contribution in [3.8, 4) is 23.0 Å². The summed E-state index contributed by atoms with van der Waals surface area (Å²) in [6.45, 7) is 2.56. The minimum absolute atomic E-state index is 0.0278. The number of ether oxygens (including phenoxy) is 4. The van der Waals surface area contributed by atoms with Gasteiger partial charge in [0.05, 0.1) is 46.1 Å². The number of rotatable bonds is 8. The van der Waals surface area contributed by atoms with Crippen molar-refractivity contribution in [2.24, 2.45) is 5.92 Å². The summed E-state index contributed by atoms with van der Waals surface area (Å²) in [6.07, 6.45) is 0.753. The van der Waals surface area contributed by atoms with Crippen LogP contribution in [0.1, 0.15) is 24.4 Å². The Morgan fingerprint density at radius 3 is 2.10 bits per heavy atom. The van der Waals surface area contributed by atoms with E-state index in [0.717, 1.165) is 17.0 Å². The molecular weight excluding hydrogens is 522 g/mol. The van der Waals surface area contributed by atoms with Gasteiger partial charge in [-0.15, -0.1) is 0 Å². The molecule has 0 bridgehead atoms. The average molecular weight is 560 g/mol. The van der Waals surface area contributed by atoms with Gasteiger partial charge in [-0.25, -0.2) is 0 Å². The van der Waals surface area contributed by atoms with Gasteiger partial charge in [0, 0.05) is 38.3 Å². The highest BCUT2D eigenvalue weighted by Crippen LogP contribution is 2.43.